The molecule has 0 amide bonds. The average molecular weight is 637 g/mol. The summed E-state index contributed by atoms with van der Waals surface area (Å²) in [4.78, 5) is 0. The summed E-state index contributed by atoms with van der Waals surface area (Å²) in [5.41, 5.74) is 12.0. The number of rotatable bonds is 4. The predicted octanol–water partition coefficient (Wildman–Crippen LogP) is 11.3. The molecule has 0 aliphatic rings. The highest BCUT2D eigenvalue weighted by atomic mass is 16.3. The minimum atomic E-state index is 0.526. The molecule has 0 atom stereocenters. The Kier molecular flexibility index (Phi) is 6.56. The summed E-state index contributed by atoms with van der Waals surface area (Å²) in [5.74, 6) is 0. The maximum Gasteiger partial charge on any atom is 0.143 e. The van der Waals surface area contributed by atoms with Crippen molar-refractivity contribution in [2.24, 2.45) is 0 Å². The van der Waals surface area contributed by atoms with Crippen molar-refractivity contribution in [1.82, 2.24) is 4.57 Å². The highest BCUT2D eigenvalue weighted by Gasteiger charge is 2.18. The Morgan fingerprint density at radius 1 is 0.420 bits per heavy atom. The molecule has 0 aliphatic carbocycles. The Balaban J connectivity index is 1.23. The Bertz CT molecular complexity index is 2890. The fraction of sp³-hybridized carbons (Fsp3) is 0. The number of hydrogen-bond acceptors (Lipinski definition) is 4. The van der Waals surface area contributed by atoms with E-state index in [-0.39, 0.29) is 0 Å². The van der Waals surface area contributed by atoms with Crippen molar-refractivity contribution in [1.29, 1.82) is 15.8 Å². The lowest BCUT2D eigenvalue weighted by Crippen LogP contribution is -1.96. The lowest BCUT2D eigenvalue weighted by Gasteiger charge is -2.13. The van der Waals surface area contributed by atoms with Crippen LogP contribution < -0.4 is 0 Å². The highest BCUT2D eigenvalue weighted by Crippen LogP contribution is 2.41. The lowest BCUT2D eigenvalue weighted by molar-refractivity contribution is 0.670. The van der Waals surface area contributed by atoms with E-state index in [0.717, 1.165) is 82.8 Å². The van der Waals surface area contributed by atoms with Gasteiger partial charge in [0, 0.05) is 32.8 Å². The largest absolute Gasteiger partial charge is 0.455 e. The minimum Gasteiger partial charge on any atom is -0.455 e. The Labute approximate surface area is 287 Å². The van der Waals surface area contributed by atoms with Gasteiger partial charge in [0.2, 0.25) is 0 Å². The van der Waals surface area contributed by atoms with E-state index >= 15 is 0 Å². The number of para-hydroxylation sites is 1. The number of fused-ring (bicyclic) bond motifs is 6. The van der Waals surface area contributed by atoms with Gasteiger partial charge in [0.15, 0.2) is 0 Å². The highest BCUT2D eigenvalue weighted by molar-refractivity contribution is 6.12. The second-order valence-electron chi connectivity index (χ2n) is 12.3. The van der Waals surface area contributed by atoms with Crippen molar-refractivity contribution in [2.45, 2.75) is 0 Å². The number of hydrogen-bond donors (Lipinski definition) is 0. The molecule has 0 fully saturated rings. The molecule has 230 valence electrons. The van der Waals surface area contributed by atoms with Crippen molar-refractivity contribution in [2.75, 3.05) is 0 Å². The molecule has 9 rings (SSSR count). The van der Waals surface area contributed by atoms with Crippen LogP contribution in [0.15, 0.2) is 150 Å². The maximum atomic E-state index is 10.2. The normalized spacial score (nSPS) is 11.1. The third kappa shape index (κ3) is 4.61. The zero-order chi connectivity index (χ0) is 33.8. The van der Waals surface area contributed by atoms with Gasteiger partial charge in [-0.25, -0.2) is 0 Å². The summed E-state index contributed by atoms with van der Waals surface area (Å²) in [6.45, 7) is 0. The second-order valence-corrected chi connectivity index (χ2v) is 12.3. The SMILES string of the molecule is N#Cc1cc(-c2cccc(-c3cc(-c4ccccc4)c4oc5ccccc5c4c3)c2)cc(-n2c3ccc(C#N)cc3c3cc(C#N)ccc32)c1. The van der Waals surface area contributed by atoms with Gasteiger partial charge in [0.05, 0.1) is 45.9 Å². The number of aromatic nitrogens is 1. The van der Waals surface area contributed by atoms with Crippen molar-refractivity contribution in [3.63, 3.8) is 0 Å². The van der Waals surface area contributed by atoms with Crippen LogP contribution in [0.5, 0.6) is 0 Å². The van der Waals surface area contributed by atoms with Crippen LogP contribution in [0.4, 0.5) is 0 Å². The molecule has 0 spiro atoms. The Hall–Kier alpha value is -7.39. The fourth-order valence-electron chi connectivity index (χ4n) is 7.12. The molecular weight excluding hydrogens is 613 g/mol. The lowest BCUT2D eigenvalue weighted by atomic mass is 9.93. The number of nitriles is 3. The zero-order valence-electron chi connectivity index (χ0n) is 26.6. The summed E-state index contributed by atoms with van der Waals surface area (Å²) in [5, 5.41) is 33.3. The van der Waals surface area contributed by atoms with E-state index in [4.69, 9.17) is 4.42 Å². The van der Waals surface area contributed by atoms with Crippen LogP contribution in [-0.2, 0) is 0 Å². The van der Waals surface area contributed by atoms with E-state index in [1.807, 2.05) is 72.8 Å². The first kappa shape index (κ1) is 28.8. The molecule has 0 saturated heterocycles. The van der Waals surface area contributed by atoms with Crippen molar-refractivity contribution in [3.8, 4) is 57.3 Å². The maximum absolute atomic E-state index is 10.2. The van der Waals surface area contributed by atoms with Crippen LogP contribution in [0.1, 0.15) is 16.7 Å². The summed E-state index contributed by atoms with van der Waals surface area (Å²) >= 11 is 0. The minimum absolute atomic E-state index is 0.526. The van der Waals surface area contributed by atoms with Gasteiger partial charge in [-0.15, -0.1) is 0 Å². The number of benzene rings is 7. The summed E-state index contributed by atoms with van der Waals surface area (Å²) < 4.78 is 8.52. The molecule has 0 aliphatic heterocycles. The van der Waals surface area contributed by atoms with Gasteiger partial charge in [-0.2, -0.15) is 15.8 Å². The van der Waals surface area contributed by atoms with Gasteiger partial charge < -0.3 is 8.98 Å². The molecule has 50 heavy (non-hydrogen) atoms. The molecule has 5 heteroatoms. The Morgan fingerprint density at radius 3 is 1.72 bits per heavy atom. The van der Waals surface area contributed by atoms with Gasteiger partial charge in [0.25, 0.3) is 0 Å². The van der Waals surface area contributed by atoms with Crippen LogP contribution in [0.3, 0.4) is 0 Å². The van der Waals surface area contributed by atoms with E-state index < -0.39 is 0 Å². The van der Waals surface area contributed by atoms with Crippen molar-refractivity contribution < 1.29 is 4.42 Å². The molecule has 0 bridgehead atoms. The zero-order valence-corrected chi connectivity index (χ0v) is 26.6. The van der Waals surface area contributed by atoms with E-state index in [2.05, 4.69) is 83.4 Å². The number of nitrogens with zero attached hydrogens (tertiary/aromatic N) is 4. The summed E-state index contributed by atoms with van der Waals surface area (Å²) in [6.07, 6.45) is 0. The molecule has 0 saturated carbocycles. The fourth-order valence-corrected chi connectivity index (χ4v) is 7.12. The van der Waals surface area contributed by atoms with Gasteiger partial charge in [-0.1, -0.05) is 66.7 Å². The molecule has 5 nitrogen and oxygen atoms in total. The van der Waals surface area contributed by atoms with Crippen LogP contribution in [0, 0.1) is 34.0 Å². The van der Waals surface area contributed by atoms with Crippen LogP contribution in [0.2, 0.25) is 0 Å². The average Bonchev–Trinajstić information content (AvgIpc) is 3.72. The smallest absolute Gasteiger partial charge is 0.143 e. The van der Waals surface area contributed by atoms with E-state index in [1.165, 1.54) is 0 Å². The molecule has 0 unspecified atom stereocenters. The third-order valence-electron chi connectivity index (χ3n) is 9.42. The topological polar surface area (TPSA) is 89.4 Å². The first-order valence-corrected chi connectivity index (χ1v) is 16.2. The van der Waals surface area contributed by atoms with Gasteiger partial charge in [0.1, 0.15) is 11.2 Å². The van der Waals surface area contributed by atoms with Crippen LogP contribution in [-0.4, -0.2) is 4.57 Å². The molecule has 7 aromatic carbocycles. The van der Waals surface area contributed by atoms with E-state index in [9.17, 15) is 15.8 Å². The first-order chi connectivity index (χ1) is 24.6. The van der Waals surface area contributed by atoms with E-state index in [1.54, 1.807) is 12.1 Å². The van der Waals surface area contributed by atoms with Gasteiger partial charge in [-0.05, 0) is 107 Å². The van der Waals surface area contributed by atoms with Gasteiger partial charge >= 0.3 is 0 Å². The molecular formula is C45H24N4O. The van der Waals surface area contributed by atoms with Gasteiger partial charge in [-0.3, -0.25) is 0 Å². The Morgan fingerprint density at radius 2 is 1.04 bits per heavy atom. The molecule has 0 N–H and O–H groups in total. The van der Waals surface area contributed by atoms with Crippen LogP contribution in [0.25, 0.3) is 82.8 Å². The van der Waals surface area contributed by atoms with Crippen molar-refractivity contribution in [3.05, 3.63) is 162 Å². The number of furan rings is 1. The predicted molar refractivity (Wildman–Crippen MR) is 199 cm³/mol. The second kappa shape index (κ2) is 11.4. The molecule has 2 heterocycles. The monoisotopic (exact) mass is 636 g/mol. The van der Waals surface area contributed by atoms with Crippen molar-refractivity contribution >= 4 is 43.7 Å². The van der Waals surface area contributed by atoms with Crippen LogP contribution >= 0.6 is 0 Å². The summed E-state index contributed by atoms with van der Waals surface area (Å²) in [6, 6.07) is 55.1. The quantitative estimate of drug-likeness (QED) is 0.192. The molecule has 2 aromatic heterocycles. The van der Waals surface area contributed by atoms with E-state index in [0.29, 0.717) is 16.7 Å². The first-order valence-electron chi connectivity index (χ1n) is 16.2. The standard InChI is InChI=1S/C45H24N4O/c46-25-28-13-15-42-39(19-28)40-20-29(26-47)14-16-43(40)49(42)36-18-30(27-48)17-34(22-36)32-9-6-10-33(21-32)35-23-38(31-7-2-1-3-8-31)45-41(24-35)37-11-4-5-12-44(37)50-45/h1-24H. The molecule has 0 radical (unpaired) electrons. The summed E-state index contributed by atoms with van der Waals surface area (Å²) in [7, 11) is 0. The molecule has 9 aromatic rings. The third-order valence-corrected chi connectivity index (χ3v) is 9.42.